The first-order chi connectivity index (χ1) is 69.6. The molecule has 0 spiro atoms. The Morgan fingerprint density at radius 2 is 0.469 bits per heavy atom. The van der Waals surface area contributed by atoms with Gasteiger partial charge in [0.05, 0.1) is 6.61 Å². The van der Waals surface area contributed by atoms with Crippen LogP contribution >= 0.6 is 0 Å². The number of rotatable bonds is 101. The summed E-state index contributed by atoms with van der Waals surface area (Å²) in [6, 6.07) is 0. The summed E-state index contributed by atoms with van der Waals surface area (Å²) in [5.74, 6) is -36.4. The molecule has 2 heterocycles. The van der Waals surface area contributed by atoms with Gasteiger partial charge in [0.2, 0.25) is 5.79 Å². The molecule has 832 valence electrons. The summed E-state index contributed by atoms with van der Waals surface area (Å²) in [6.07, 6.45) is 80.9. The molecule has 0 aromatic rings. The van der Waals surface area contributed by atoms with Crippen molar-refractivity contribution in [2.45, 2.75) is 640 Å². The van der Waals surface area contributed by atoms with Crippen LogP contribution in [0.5, 0.6) is 0 Å². The lowest BCUT2D eigenvalue weighted by atomic mass is 9.82. The minimum absolute atomic E-state index is 0.00433. The fourth-order valence-electron chi connectivity index (χ4n) is 18.8. The highest BCUT2D eigenvalue weighted by molar-refractivity contribution is 5.75. The molecule has 0 amide bonds. The molecule has 0 aliphatic carbocycles. The molecular formula is C120H214O23. The van der Waals surface area contributed by atoms with Crippen LogP contribution in [-0.2, 0) is 71.4 Å². The van der Waals surface area contributed by atoms with Gasteiger partial charge < -0.3 is 74.0 Å². The maximum absolute atomic E-state index is 15.7. The molecule has 23 nitrogen and oxygen atoms in total. The van der Waals surface area contributed by atoms with Crippen LogP contribution in [0, 0.1) is 0 Å². The number of ether oxygens (including phenoxy) is 9. The summed E-state index contributed by atoms with van der Waals surface area (Å²) in [6.45, 7) is 10.4. The first-order valence-electron chi connectivity index (χ1n) is 59.3. The van der Waals surface area contributed by atoms with Crippen molar-refractivity contribution in [2.24, 2.45) is 0 Å². The zero-order valence-electron chi connectivity index (χ0n) is 91.8. The summed E-state index contributed by atoms with van der Waals surface area (Å²) in [5.41, 5.74) is 0. The lowest BCUT2D eigenvalue weighted by molar-refractivity contribution is -0.657. The SMILES string of the molecule is CCCCCCCC/C=C/CCCCCCCC(=O)OC(O)[C@@]1(OC(=O)CCCCCCC/C=C/CCCCCCCC)O[C@@](OC(=O)CCCCCCC/C=C/CCCCCCCC)(OC2(CO)O[C@H](CO)[C@@H](O)[C@@H]2O)[C@@](O)(OC(=O)CCCCCCC/C=C/CCCCCCCC)[C@](O)(OC(=O)CCCCCCC/C=C/CCCCCCCC)[C@@]1(O)OC(=O)CCCCCCC/C=C/CCCCCCCC. The molecule has 0 saturated carbocycles. The van der Waals surface area contributed by atoms with Crippen molar-refractivity contribution < 1.29 is 112 Å². The van der Waals surface area contributed by atoms with Gasteiger partial charge in [0, 0.05) is 38.5 Å². The maximum atomic E-state index is 15.7. The number of allylic oxidation sites excluding steroid dienone is 12. The predicted molar refractivity (Wildman–Crippen MR) is 576 cm³/mol. The molecule has 2 fully saturated rings. The smallest absolute Gasteiger partial charge is 0.412 e. The van der Waals surface area contributed by atoms with E-state index in [4.69, 9.17) is 42.6 Å². The van der Waals surface area contributed by atoms with Crippen LogP contribution in [-0.4, -0.2) is 149 Å². The van der Waals surface area contributed by atoms with Gasteiger partial charge in [0.15, 0.2) is 0 Å². The number of aliphatic hydroxyl groups is 8. The van der Waals surface area contributed by atoms with E-state index in [0.29, 0.717) is 77.0 Å². The standard InChI is InChI=1S/C120H214O23/c1-7-13-19-25-31-37-43-49-55-61-67-73-79-85-91-97-106(123)135-114(131)116(137-107(124)98-92-86-80-74-68-62-56-50-44-38-32-26-20-14-8-2)117(132,138-108(125)99-93-87-81-75-69-63-57-51-45-39-33-27-21-15-9-3)118(133,139-109(126)100-94-88-82-76-70-64-58-52-46-40-34-28-22-16-10-4)119(134,140-110(127)101-95-89-83-77-71-65-59-53-47-41-35-29-23-17-11-5)120(143-116,142-115(104-122)113(130)112(129)105(103-121)136-115)141-111(128)102-96-90-84-78-72-66-60-54-48-42-36-30-24-18-12-6/h49-60,105,112-114,121-122,129-134H,7-48,61-104H2,1-6H3/b55-49+,56-50+,57-51+,58-52+,59-53+,60-54+/t105-,112-,113+,114?,115?,116-,117+,118-,119+,120+/m1/s1. The quantitative estimate of drug-likeness (QED) is 0.00922. The van der Waals surface area contributed by atoms with Crippen LogP contribution in [0.1, 0.15) is 581 Å². The Bertz CT molecular complexity index is 3210. The van der Waals surface area contributed by atoms with E-state index in [2.05, 4.69) is 114 Å². The molecule has 2 aliphatic rings. The Kier molecular flexibility index (Phi) is 83.9. The Morgan fingerprint density at radius 1 is 0.266 bits per heavy atom. The maximum Gasteiger partial charge on any atom is 0.412 e. The molecule has 10 atom stereocenters. The van der Waals surface area contributed by atoms with Gasteiger partial charge in [-0.3, -0.25) is 38.2 Å². The minimum Gasteiger partial charge on any atom is -0.428 e. The van der Waals surface area contributed by atoms with Crippen molar-refractivity contribution in [2.75, 3.05) is 13.2 Å². The predicted octanol–water partition coefficient (Wildman–Crippen LogP) is 30.1. The van der Waals surface area contributed by atoms with Crippen molar-refractivity contribution in [1.82, 2.24) is 0 Å². The van der Waals surface area contributed by atoms with Gasteiger partial charge in [-0.2, -0.15) is 0 Å². The number of hydrogen-bond donors (Lipinski definition) is 8. The van der Waals surface area contributed by atoms with E-state index in [1.165, 1.54) is 193 Å². The van der Waals surface area contributed by atoms with E-state index in [-0.39, 0.29) is 38.5 Å². The van der Waals surface area contributed by atoms with E-state index < -0.39 is 147 Å². The van der Waals surface area contributed by atoms with Crippen molar-refractivity contribution >= 4 is 35.8 Å². The molecule has 2 rings (SSSR count). The zero-order chi connectivity index (χ0) is 104. The van der Waals surface area contributed by atoms with Gasteiger partial charge in [-0.1, -0.05) is 423 Å². The summed E-state index contributed by atoms with van der Waals surface area (Å²) in [5, 5.41) is 105. The third kappa shape index (κ3) is 59.9. The molecule has 23 heteroatoms. The molecule has 0 aromatic heterocycles. The molecule has 2 aliphatic heterocycles. The second-order valence-corrected chi connectivity index (χ2v) is 41.3. The number of carbonyl (C=O) groups is 6. The topological polar surface area (TPSA) is 347 Å². The van der Waals surface area contributed by atoms with E-state index in [1.807, 2.05) is 0 Å². The molecular weight excluding hydrogens is 1810 g/mol. The highest BCUT2D eigenvalue weighted by Crippen LogP contribution is 2.61. The Labute approximate surface area is 869 Å². The number of aliphatic hydroxyl groups excluding tert-OH is 5. The van der Waals surface area contributed by atoms with Crippen LogP contribution in [0.25, 0.3) is 0 Å². The highest BCUT2D eigenvalue weighted by Gasteiger charge is 2.96. The van der Waals surface area contributed by atoms with Gasteiger partial charge in [0.25, 0.3) is 6.29 Å². The fourth-order valence-corrected chi connectivity index (χ4v) is 18.8. The Hall–Kier alpha value is -5.18. The summed E-state index contributed by atoms with van der Waals surface area (Å²) in [7, 11) is 0. The van der Waals surface area contributed by atoms with Crippen molar-refractivity contribution in [1.29, 1.82) is 0 Å². The summed E-state index contributed by atoms with van der Waals surface area (Å²) in [4.78, 5) is 93.1. The van der Waals surface area contributed by atoms with Gasteiger partial charge in [-0.25, -0.2) is 0 Å². The molecule has 143 heavy (non-hydrogen) atoms. The van der Waals surface area contributed by atoms with E-state index in [9.17, 15) is 45.6 Å². The molecule has 8 N–H and O–H groups in total. The second kappa shape index (κ2) is 89.6. The third-order valence-electron chi connectivity index (χ3n) is 28.0. The monoisotopic (exact) mass is 2020 g/mol. The average Bonchev–Trinajstić information content (AvgIpc) is 1.13. The first-order valence-corrected chi connectivity index (χ1v) is 59.3. The lowest BCUT2D eigenvalue weighted by Gasteiger charge is -2.62. The Balaban J connectivity index is 3.24. The van der Waals surface area contributed by atoms with Crippen LogP contribution in [0.3, 0.4) is 0 Å². The number of carbonyl (C=O) groups excluding carboxylic acids is 6. The molecule has 0 aromatic carbocycles. The lowest BCUT2D eigenvalue weighted by Crippen LogP contribution is -2.93. The average molecular weight is 2030 g/mol. The number of hydrogen-bond acceptors (Lipinski definition) is 23. The van der Waals surface area contributed by atoms with Crippen molar-refractivity contribution in [3.8, 4) is 0 Å². The molecule has 2 unspecified atom stereocenters. The van der Waals surface area contributed by atoms with Gasteiger partial charge >= 0.3 is 64.9 Å². The summed E-state index contributed by atoms with van der Waals surface area (Å²) >= 11 is 0. The highest BCUT2D eigenvalue weighted by atomic mass is 17.0. The molecule has 2 saturated heterocycles. The largest absolute Gasteiger partial charge is 0.428 e. The molecule has 0 bridgehead atoms. The fraction of sp³-hybridized carbons (Fsp3) is 0.850. The van der Waals surface area contributed by atoms with Crippen LogP contribution in [0.2, 0.25) is 0 Å². The van der Waals surface area contributed by atoms with Gasteiger partial charge in [-0.15, -0.1) is 0 Å². The first kappa shape index (κ1) is 134. The van der Waals surface area contributed by atoms with Crippen LogP contribution in [0.4, 0.5) is 0 Å². The van der Waals surface area contributed by atoms with Crippen LogP contribution in [0.15, 0.2) is 72.9 Å². The minimum atomic E-state index is -4.99. The normalized spacial score (nSPS) is 21.1. The van der Waals surface area contributed by atoms with Gasteiger partial charge in [0.1, 0.15) is 24.9 Å². The zero-order valence-corrected chi connectivity index (χ0v) is 91.8. The number of esters is 6. The second-order valence-electron chi connectivity index (χ2n) is 41.3. The van der Waals surface area contributed by atoms with E-state index >= 15 is 24.0 Å². The molecule has 0 radical (unpaired) electrons. The van der Waals surface area contributed by atoms with Crippen LogP contribution < -0.4 is 0 Å². The van der Waals surface area contributed by atoms with E-state index in [0.717, 1.165) is 193 Å². The third-order valence-corrected chi connectivity index (χ3v) is 28.0. The number of unbranched alkanes of at least 4 members (excludes halogenated alkanes) is 66. The Morgan fingerprint density at radius 3 is 0.699 bits per heavy atom. The van der Waals surface area contributed by atoms with E-state index in [1.54, 1.807) is 0 Å². The summed E-state index contributed by atoms with van der Waals surface area (Å²) < 4.78 is 56.3. The van der Waals surface area contributed by atoms with Crippen molar-refractivity contribution in [3.05, 3.63) is 72.9 Å². The van der Waals surface area contributed by atoms with Gasteiger partial charge in [-0.05, 0) is 193 Å². The van der Waals surface area contributed by atoms with Crippen molar-refractivity contribution in [3.63, 3.8) is 0 Å².